The molecule has 0 radical (unpaired) electrons. The molecule has 2 fully saturated rings. The van der Waals surface area contributed by atoms with Crippen LogP contribution in [0.15, 0.2) is 24.3 Å². The standard InChI is InChI=1S/C15H22N2/c16-14-7-3-2-6-13(14)10-17-11-15(12-17)8-4-1-5-9-15/h2-3,6-7H,1,4-5,8-12,16H2. The van der Waals surface area contributed by atoms with Gasteiger partial charge >= 0.3 is 0 Å². The van der Waals surface area contributed by atoms with E-state index in [0.717, 1.165) is 12.2 Å². The first-order valence-corrected chi connectivity index (χ1v) is 6.83. The van der Waals surface area contributed by atoms with Gasteiger partial charge < -0.3 is 5.73 Å². The zero-order chi connectivity index (χ0) is 11.7. The fourth-order valence-electron chi connectivity index (χ4n) is 3.55. The van der Waals surface area contributed by atoms with E-state index in [1.807, 2.05) is 12.1 Å². The van der Waals surface area contributed by atoms with E-state index in [0.29, 0.717) is 5.41 Å². The van der Waals surface area contributed by atoms with Gasteiger partial charge in [0.15, 0.2) is 0 Å². The Morgan fingerprint density at radius 1 is 1.06 bits per heavy atom. The first-order valence-electron chi connectivity index (χ1n) is 6.83. The normalized spacial score (nSPS) is 23.5. The second-order valence-corrected chi connectivity index (χ2v) is 5.90. The van der Waals surface area contributed by atoms with E-state index in [9.17, 15) is 0 Å². The Balaban J connectivity index is 1.58. The van der Waals surface area contributed by atoms with Gasteiger partial charge in [0.1, 0.15) is 0 Å². The summed E-state index contributed by atoms with van der Waals surface area (Å²) < 4.78 is 0. The fraction of sp³-hybridized carbons (Fsp3) is 0.600. The van der Waals surface area contributed by atoms with Gasteiger partial charge in [0.05, 0.1) is 0 Å². The van der Waals surface area contributed by atoms with Gasteiger partial charge in [-0.3, -0.25) is 4.90 Å². The van der Waals surface area contributed by atoms with Crippen molar-refractivity contribution in [3.63, 3.8) is 0 Å². The van der Waals surface area contributed by atoms with Crippen molar-refractivity contribution in [1.29, 1.82) is 0 Å². The Morgan fingerprint density at radius 3 is 2.47 bits per heavy atom. The molecular formula is C15H22N2. The lowest BCUT2D eigenvalue weighted by Crippen LogP contribution is -2.56. The van der Waals surface area contributed by atoms with Gasteiger partial charge in [-0.15, -0.1) is 0 Å². The number of rotatable bonds is 2. The molecule has 1 heterocycles. The summed E-state index contributed by atoms with van der Waals surface area (Å²) in [5.41, 5.74) is 8.90. The maximum absolute atomic E-state index is 5.99. The minimum Gasteiger partial charge on any atom is -0.398 e. The van der Waals surface area contributed by atoms with E-state index in [1.54, 1.807) is 0 Å². The molecule has 1 saturated carbocycles. The van der Waals surface area contributed by atoms with Gasteiger partial charge in [-0.25, -0.2) is 0 Å². The zero-order valence-corrected chi connectivity index (χ0v) is 10.5. The molecule has 1 aromatic rings. The lowest BCUT2D eigenvalue weighted by molar-refractivity contribution is -0.0331. The second-order valence-electron chi connectivity index (χ2n) is 5.90. The average Bonchev–Trinajstić information content (AvgIpc) is 2.31. The highest BCUT2D eigenvalue weighted by atomic mass is 15.2. The van der Waals surface area contributed by atoms with Crippen LogP contribution in [0.1, 0.15) is 37.7 Å². The molecule has 0 aromatic heterocycles. The van der Waals surface area contributed by atoms with E-state index < -0.39 is 0 Å². The smallest absolute Gasteiger partial charge is 0.0359 e. The highest BCUT2D eigenvalue weighted by molar-refractivity contribution is 5.46. The van der Waals surface area contributed by atoms with E-state index in [1.165, 1.54) is 50.8 Å². The first-order chi connectivity index (χ1) is 8.27. The van der Waals surface area contributed by atoms with Crippen molar-refractivity contribution < 1.29 is 0 Å². The van der Waals surface area contributed by atoms with Gasteiger partial charge in [0.2, 0.25) is 0 Å². The molecule has 1 aliphatic heterocycles. The van der Waals surface area contributed by atoms with Crippen LogP contribution in [-0.2, 0) is 6.54 Å². The number of hydrogen-bond acceptors (Lipinski definition) is 2. The molecule has 0 amide bonds. The zero-order valence-electron chi connectivity index (χ0n) is 10.5. The summed E-state index contributed by atoms with van der Waals surface area (Å²) in [6, 6.07) is 8.26. The number of nitrogens with zero attached hydrogens (tertiary/aromatic N) is 1. The highest BCUT2D eigenvalue weighted by Gasteiger charge is 2.42. The largest absolute Gasteiger partial charge is 0.398 e. The summed E-state index contributed by atoms with van der Waals surface area (Å²) >= 11 is 0. The van der Waals surface area contributed by atoms with Crippen LogP contribution in [0, 0.1) is 5.41 Å². The molecule has 1 aromatic carbocycles. The predicted octanol–water partition coefficient (Wildman–Crippen LogP) is 3.03. The Hall–Kier alpha value is -1.02. The average molecular weight is 230 g/mol. The Morgan fingerprint density at radius 2 is 1.76 bits per heavy atom. The third-order valence-electron chi connectivity index (χ3n) is 4.48. The minimum absolute atomic E-state index is 0.682. The van der Waals surface area contributed by atoms with Crippen molar-refractivity contribution in [2.45, 2.75) is 38.6 Å². The number of likely N-dealkylation sites (tertiary alicyclic amines) is 1. The molecule has 17 heavy (non-hydrogen) atoms. The molecule has 0 atom stereocenters. The quantitative estimate of drug-likeness (QED) is 0.791. The minimum atomic E-state index is 0.682. The van der Waals surface area contributed by atoms with Crippen LogP contribution in [0.5, 0.6) is 0 Å². The van der Waals surface area contributed by atoms with E-state index in [2.05, 4.69) is 17.0 Å². The van der Waals surface area contributed by atoms with Crippen LogP contribution >= 0.6 is 0 Å². The molecular weight excluding hydrogens is 208 g/mol. The van der Waals surface area contributed by atoms with Crippen LogP contribution in [0.4, 0.5) is 5.69 Å². The topological polar surface area (TPSA) is 29.3 Å². The molecule has 2 aliphatic rings. The number of hydrogen-bond donors (Lipinski definition) is 1. The molecule has 1 spiro atoms. The van der Waals surface area contributed by atoms with Crippen molar-refractivity contribution in [3.05, 3.63) is 29.8 Å². The second kappa shape index (κ2) is 4.34. The third kappa shape index (κ3) is 2.19. The lowest BCUT2D eigenvalue weighted by atomic mass is 9.68. The van der Waals surface area contributed by atoms with Crippen molar-refractivity contribution in [2.24, 2.45) is 5.41 Å². The molecule has 2 nitrogen and oxygen atoms in total. The molecule has 3 rings (SSSR count). The maximum atomic E-state index is 5.99. The number of nitrogen functional groups attached to an aromatic ring is 1. The van der Waals surface area contributed by atoms with Crippen LogP contribution in [0.2, 0.25) is 0 Å². The highest BCUT2D eigenvalue weighted by Crippen LogP contribution is 2.44. The third-order valence-corrected chi connectivity index (χ3v) is 4.48. The number of nitrogens with two attached hydrogens (primary N) is 1. The van der Waals surface area contributed by atoms with E-state index >= 15 is 0 Å². The van der Waals surface area contributed by atoms with Crippen LogP contribution in [0.3, 0.4) is 0 Å². The summed E-state index contributed by atoms with van der Waals surface area (Å²) in [5, 5.41) is 0. The predicted molar refractivity (Wildman–Crippen MR) is 71.6 cm³/mol. The van der Waals surface area contributed by atoms with Crippen molar-refractivity contribution in [3.8, 4) is 0 Å². The molecule has 1 saturated heterocycles. The molecule has 2 heteroatoms. The van der Waals surface area contributed by atoms with Crippen molar-refractivity contribution >= 4 is 5.69 Å². The number of para-hydroxylation sites is 1. The van der Waals surface area contributed by atoms with E-state index in [4.69, 9.17) is 5.73 Å². The summed E-state index contributed by atoms with van der Waals surface area (Å²) in [5.74, 6) is 0. The summed E-state index contributed by atoms with van der Waals surface area (Å²) in [4.78, 5) is 2.55. The number of benzene rings is 1. The molecule has 0 bridgehead atoms. The maximum Gasteiger partial charge on any atom is 0.0359 e. The van der Waals surface area contributed by atoms with Gasteiger partial charge in [-0.05, 0) is 29.9 Å². The monoisotopic (exact) mass is 230 g/mol. The lowest BCUT2D eigenvalue weighted by Gasteiger charge is -2.52. The summed E-state index contributed by atoms with van der Waals surface area (Å²) in [6.45, 7) is 3.62. The van der Waals surface area contributed by atoms with Crippen molar-refractivity contribution in [2.75, 3.05) is 18.8 Å². The van der Waals surface area contributed by atoms with Gasteiger partial charge in [-0.1, -0.05) is 37.5 Å². The van der Waals surface area contributed by atoms with Gasteiger partial charge in [0.25, 0.3) is 0 Å². The van der Waals surface area contributed by atoms with E-state index in [-0.39, 0.29) is 0 Å². The Bertz CT molecular complexity index is 386. The molecule has 1 aliphatic carbocycles. The summed E-state index contributed by atoms with van der Waals surface area (Å²) in [6.07, 6.45) is 7.25. The van der Waals surface area contributed by atoms with Gasteiger partial charge in [-0.2, -0.15) is 0 Å². The van der Waals surface area contributed by atoms with Crippen LogP contribution in [-0.4, -0.2) is 18.0 Å². The SMILES string of the molecule is Nc1ccccc1CN1CC2(CCCCC2)C1. The van der Waals surface area contributed by atoms with Crippen LogP contribution < -0.4 is 5.73 Å². The molecule has 92 valence electrons. The first kappa shape index (κ1) is 11.1. The summed E-state index contributed by atoms with van der Waals surface area (Å²) in [7, 11) is 0. The molecule has 2 N–H and O–H groups in total. The molecule has 0 unspecified atom stereocenters. The Labute approximate surface area is 104 Å². The van der Waals surface area contributed by atoms with Gasteiger partial charge in [0, 0.05) is 25.3 Å². The fourth-order valence-corrected chi connectivity index (χ4v) is 3.55. The van der Waals surface area contributed by atoms with Crippen molar-refractivity contribution in [1.82, 2.24) is 4.90 Å². The van der Waals surface area contributed by atoms with Crippen LogP contribution in [0.25, 0.3) is 0 Å². The number of anilines is 1. The Kier molecular flexibility index (Phi) is 2.83.